The second kappa shape index (κ2) is 5.91. The van der Waals surface area contributed by atoms with Crippen molar-refractivity contribution >= 4 is 5.91 Å². The van der Waals surface area contributed by atoms with Crippen molar-refractivity contribution in [3.05, 3.63) is 71.8 Å². The maximum Gasteiger partial charge on any atom is 0.223 e. The summed E-state index contributed by atoms with van der Waals surface area (Å²) in [5.41, 5.74) is 2.50. The van der Waals surface area contributed by atoms with Gasteiger partial charge in [0.2, 0.25) is 5.91 Å². The first-order valence-electron chi connectivity index (χ1n) is 7.19. The fraction of sp³-hybridized carbons (Fsp3) is 0.278. The van der Waals surface area contributed by atoms with E-state index in [2.05, 4.69) is 36.4 Å². The molecule has 1 aliphatic rings. The summed E-state index contributed by atoms with van der Waals surface area (Å²) >= 11 is 0. The predicted octanol–water partition coefficient (Wildman–Crippen LogP) is 3.59. The molecule has 102 valence electrons. The van der Waals surface area contributed by atoms with Gasteiger partial charge in [-0.05, 0) is 23.5 Å². The van der Waals surface area contributed by atoms with Crippen molar-refractivity contribution < 1.29 is 4.79 Å². The average molecular weight is 265 g/mol. The van der Waals surface area contributed by atoms with E-state index < -0.39 is 0 Å². The van der Waals surface area contributed by atoms with Gasteiger partial charge in [0, 0.05) is 19.5 Å². The van der Waals surface area contributed by atoms with Gasteiger partial charge in [-0.15, -0.1) is 0 Å². The molecule has 1 saturated heterocycles. The first-order chi connectivity index (χ1) is 9.83. The third kappa shape index (κ3) is 2.90. The number of benzene rings is 2. The van der Waals surface area contributed by atoms with Gasteiger partial charge in [0.1, 0.15) is 0 Å². The smallest absolute Gasteiger partial charge is 0.223 e. The fourth-order valence-electron chi connectivity index (χ4n) is 2.86. The van der Waals surface area contributed by atoms with Crippen LogP contribution >= 0.6 is 0 Å². The highest BCUT2D eigenvalue weighted by Crippen LogP contribution is 2.29. The monoisotopic (exact) mass is 265 g/mol. The Morgan fingerprint density at radius 1 is 0.950 bits per heavy atom. The zero-order chi connectivity index (χ0) is 13.8. The van der Waals surface area contributed by atoms with Crippen LogP contribution in [0.2, 0.25) is 0 Å². The normalized spacial score (nSPS) is 19.1. The van der Waals surface area contributed by atoms with E-state index in [1.165, 1.54) is 11.1 Å². The lowest BCUT2D eigenvalue weighted by molar-refractivity contribution is -0.134. The third-order valence-electron chi connectivity index (χ3n) is 4.01. The number of hydrogen-bond donors (Lipinski definition) is 0. The van der Waals surface area contributed by atoms with Gasteiger partial charge in [-0.3, -0.25) is 4.79 Å². The number of amides is 1. The number of likely N-dealkylation sites (tertiary alicyclic amines) is 1. The molecule has 0 aliphatic carbocycles. The highest BCUT2D eigenvalue weighted by molar-refractivity contribution is 5.78. The summed E-state index contributed by atoms with van der Waals surface area (Å²) in [6.07, 6.45) is 1.69. The van der Waals surface area contributed by atoms with Crippen LogP contribution in [0.3, 0.4) is 0 Å². The molecule has 0 aromatic heterocycles. The molecule has 1 fully saturated rings. The summed E-state index contributed by atoms with van der Waals surface area (Å²) in [6, 6.07) is 20.6. The van der Waals surface area contributed by atoms with Gasteiger partial charge in [0.05, 0.1) is 0 Å². The van der Waals surface area contributed by atoms with Crippen LogP contribution in [-0.2, 0) is 11.3 Å². The zero-order valence-corrected chi connectivity index (χ0v) is 11.5. The number of hydrogen-bond acceptors (Lipinski definition) is 1. The first-order valence-corrected chi connectivity index (χ1v) is 7.19. The summed E-state index contributed by atoms with van der Waals surface area (Å²) in [5.74, 6) is 0.657. The molecule has 0 spiro atoms. The Bertz CT molecular complexity index is 564. The fourth-order valence-corrected chi connectivity index (χ4v) is 2.86. The van der Waals surface area contributed by atoms with Crippen LogP contribution in [0, 0.1) is 0 Å². The van der Waals surface area contributed by atoms with Gasteiger partial charge in [-0.25, -0.2) is 0 Å². The number of piperidine rings is 1. The molecular weight excluding hydrogens is 246 g/mol. The molecule has 1 amide bonds. The van der Waals surface area contributed by atoms with Gasteiger partial charge >= 0.3 is 0 Å². The van der Waals surface area contributed by atoms with E-state index in [0.717, 1.165) is 19.5 Å². The van der Waals surface area contributed by atoms with E-state index in [0.29, 0.717) is 12.3 Å². The van der Waals surface area contributed by atoms with Crippen LogP contribution in [0.4, 0.5) is 0 Å². The van der Waals surface area contributed by atoms with Crippen LogP contribution in [0.25, 0.3) is 0 Å². The molecule has 2 aromatic rings. The summed E-state index contributed by atoms with van der Waals surface area (Å²) in [4.78, 5) is 14.3. The maximum absolute atomic E-state index is 12.3. The summed E-state index contributed by atoms with van der Waals surface area (Å²) in [5, 5.41) is 0. The summed E-state index contributed by atoms with van der Waals surface area (Å²) in [7, 11) is 0. The Labute approximate surface area is 120 Å². The molecule has 2 aromatic carbocycles. The SMILES string of the molecule is O=C1C[C@H](c2ccccc2)CCN1Cc1ccccc1. The minimum Gasteiger partial charge on any atom is -0.338 e. The van der Waals surface area contributed by atoms with E-state index in [1.807, 2.05) is 29.2 Å². The van der Waals surface area contributed by atoms with Crippen molar-refractivity contribution in [3.8, 4) is 0 Å². The largest absolute Gasteiger partial charge is 0.338 e. The summed E-state index contributed by atoms with van der Waals surface area (Å²) < 4.78 is 0. The van der Waals surface area contributed by atoms with Crippen molar-refractivity contribution in [3.63, 3.8) is 0 Å². The van der Waals surface area contributed by atoms with Gasteiger partial charge in [-0.1, -0.05) is 60.7 Å². The molecule has 0 saturated carbocycles. The van der Waals surface area contributed by atoms with Crippen molar-refractivity contribution in [2.24, 2.45) is 0 Å². The Morgan fingerprint density at radius 3 is 2.25 bits per heavy atom. The Morgan fingerprint density at radius 2 is 1.60 bits per heavy atom. The molecule has 1 aliphatic heterocycles. The van der Waals surface area contributed by atoms with Crippen LogP contribution < -0.4 is 0 Å². The molecule has 0 bridgehead atoms. The van der Waals surface area contributed by atoms with E-state index in [9.17, 15) is 4.79 Å². The highest BCUT2D eigenvalue weighted by Gasteiger charge is 2.26. The van der Waals surface area contributed by atoms with Gasteiger partial charge in [-0.2, -0.15) is 0 Å². The lowest BCUT2D eigenvalue weighted by Crippen LogP contribution is -2.37. The molecule has 1 heterocycles. The molecule has 2 heteroatoms. The highest BCUT2D eigenvalue weighted by atomic mass is 16.2. The first kappa shape index (κ1) is 12.9. The number of rotatable bonds is 3. The molecule has 2 nitrogen and oxygen atoms in total. The Kier molecular flexibility index (Phi) is 3.82. The minimum atomic E-state index is 0.272. The van der Waals surface area contributed by atoms with E-state index >= 15 is 0 Å². The minimum absolute atomic E-state index is 0.272. The standard InChI is InChI=1S/C18H19NO/c20-18-13-17(16-9-5-2-6-10-16)11-12-19(18)14-15-7-3-1-4-8-15/h1-10,17H,11-14H2/t17-/m1/s1. The molecule has 1 atom stereocenters. The number of carbonyl (C=O) groups excluding carboxylic acids is 1. The predicted molar refractivity (Wildman–Crippen MR) is 80.3 cm³/mol. The van der Waals surface area contributed by atoms with Crippen molar-refractivity contribution in [2.75, 3.05) is 6.54 Å². The average Bonchev–Trinajstić information content (AvgIpc) is 2.51. The lowest BCUT2D eigenvalue weighted by Gasteiger charge is -2.32. The van der Waals surface area contributed by atoms with Crippen LogP contribution in [-0.4, -0.2) is 17.4 Å². The number of carbonyl (C=O) groups is 1. The van der Waals surface area contributed by atoms with Crippen molar-refractivity contribution in [2.45, 2.75) is 25.3 Å². The molecule has 20 heavy (non-hydrogen) atoms. The summed E-state index contributed by atoms with van der Waals surface area (Å²) in [6.45, 7) is 1.59. The molecule has 0 radical (unpaired) electrons. The van der Waals surface area contributed by atoms with Crippen molar-refractivity contribution in [1.29, 1.82) is 0 Å². The van der Waals surface area contributed by atoms with Gasteiger partial charge in [0.25, 0.3) is 0 Å². The van der Waals surface area contributed by atoms with Gasteiger partial charge < -0.3 is 4.90 Å². The zero-order valence-electron chi connectivity index (χ0n) is 11.5. The maximum atomic E-state index is 12.3. The number of nitrogens with zero attached hydrogens (tertiary/aromatic N) is 1. The second-order valence-electron chi connectivity index (χ2n) is 5.40. The Balaban J connectivity index is 1.64. The van der Waals surface area contributed by atoms with Crippen molar-refractivity contribution in [1.82, 2.24) is 4.90 Å². The third-order valence-corrected chi connectivity index (χ3v) is 4.01. The van der Waals surface area contributed by atoms with E-state index in [1.54, 1.807) is 0 Å². The van der Waals surface area contributed by atoms with E-state index in [4.69, 9.17) is 0 Å². The molecule has 0 unspecified atom stereocenters. The lowest BCUT2D eigenvalue weighted by atomic mass is 9.89. The molecule has 0 N–H and O–H groups in total. The quantitative estimate of drug-likeness (QED) is 0.830. The van der Waals surface area contributed by atoms with E-state index in [-0.39, 0.29) is 5.91 Å². The molecular formula is C18H19NO. The van der Waals surface area contributed by atoms with Crippen LogP contribution in [0.5, 0.6) is 0 Å². The molecule has 3 rings (SSSR count). The van der Waals surface area contributed by atoms with Crippen LogP contribution in [0.1, 0.15) is 29.9 Å². The van der Waals surface area contributed by atoms with Gasteiger partial charge in [0.15, 0.2) is 0 Å². The Hall–Kier alpha value is -2.09. The second-order valence-corrected chi connectivity index (χ2v) is 5.40. The van der Waals surface area contributed by atoms with Crippen LogP contribution in [0.15, 0.2) is 60.7 Å². The topological polar surface area (TPSA) is 20.3 Å².